The fourth-order valence-electron chi connectivity index (χ4n) is 1.66. The molecule has 4 heteroatoms. The maximum atomic E-state index is 9.07. The van der Waals surface area contributed by atoms with Crippen LogP contribution in [0.3, 0.4) is 0 Å². The Morgan fingerprint density at radius 1 is 1.13 bits per heavy atom. The van der Waals surface area contributed by atoms with Crippen molar-refractivity contribution in [2.24, 2.45) is 5.73 Å². The van der Waals surface area contributed by atoms with Gasteiger partial charge in [0.05, 0.1) is 6.61 Å². The molecule has 0 spiro atoms. The Balaban J connectivity index is 2.08. The minimum Gasteiger partial charge on any atom is -0.394 e. The van der Waals surface area contributed by atoms with Crippen molar-refractivity contribution in [2.45, 2.75) is 18.5 Å². The van der Waals surface area contributed by atoms with Crippen molar-refractivity contribution in [1.82, 2.24) is 0 Å². The third-order valence-corrected chi connectivity index (χ3v) is 2.50. The Morgan fingerprint density at radius 3 is 2.33 bits per heavy atom. The fourth-order valence-corrected chi connectivity index (χ4v) is 1.66. The van der Waals surface area contributed by atoms with Gasteiger partial charge in [0, 0.05) is 12.1 Å². The van der Waals surface area contributed by atoms with Gasteiger partial charge in [0.2, 0.25) is 0 Å². The van der Waals surface area contributed by atoms with Crippen molar-refractivity contribution < 1.29 is 14.6 Å². The molecule has 3 unspecified atom stereocenters. The lowest BCUT2D eigenvalue weighted by Crippen LogP contribution is -2.32. The number of aliphatic hydroxyl groups excluding tert-OH is 1. The molecule has 1 saturated heterocycles. The van der Waals surface area contributed by atoms with Crippen LogP contribution in [0.25, 0.3) is 0 Å². The molecule has 3 atom stereocenters. The van der Waals surface area contributed by atoms with Gasteiger partial charge in [-0.15, -0.1) is 0 Å². The van der Waals surface area contributed by atoms with Crippen LogP contribution in [0.1, 0.15) is 11.9 Å². The Morgan fingerprint density at radius 2 is 1.80 bits per heavy atom. The second-order valence-electron chi connectivity index (χ2n) is 3.51. The highest BCUT2D eigenvalue weighted by molar-refractivity contribution is 5.16. The number of benzene rings is 1. The van der Waals surface area contributed by atoms with Gasteiger partial charge in [-0.1, -0.05) is 30.3 Å². The summed E-state index contributed by atoms with van der Waals surface area (Å²) in [4.78, 5) is 0. The van der Waals surface area contributed by atoms with Crippen LogP contribution in [-0.2, 0) is 9.47 Å². The standard InChI is InChI=1S/C11H15NO3/c12-6-9-10(7-13)15-11(14-9)8-4-2-1-3-5-8/h1-5,9-11,13H,6-7,12H2. The number of hydrogen-bond acceptors (Lipinski definition) is 4. The molecule has 0 amide bonds. The number of nitrogens with two attached hydrogens (primary N) is 1. The Kier molecular flexibility index (Phi) is 3.33. The number of aliphatic hydroxyl groups is 1. The first kappa shape index (κ1) is 10.6. The van der Waals surface area contributed by atoms with Crippen LogP contribution in [0.2, 0.25) is 0 Å². The molecule has 1 aliphatic heterocycles. The molecule has 1 fully saturated rings. The third kappa shape index (κ3) is 2.18. The third-order valence-electron chi connectivity index (χ3n) is 2.50. The number of rotatable bonds is 3. The van der Waals surface area contributed by atoms with Crippen LogP contribution in [0, 0.1) is 0 Å². The van der Waals surface area contributed by atoms with Crippen LogP contribution < -0.4 is 5.73 Å². The summed E-state index contributed by atoms with van der Waals surface area (Å²) < 4.78 is 11.1. The first-order valence-corrected chi connectivity index (χ1v) is 5.02. The summed E-state index contributed by atoms with van der Waals surface area (Å²) in [5.41, 5.74) is 6.47. The van der Waals surface area contributed by atoms with Gasteiger partial charge in [0.15, 0.2) is 6.29 Å². The van der Waals surface area contributed by atoms with Gasteiger partial charge in [0.1, 0.15) is 12.2 Å². The van der Waals surface area contributed by atoms with E-state index >= 15 is 0 Å². The highest BCUT2D eigenvalue weighted by Gasteiger charge is 2.35. The zero-order valence-corrected chi connectivity index (χ0v) is 8.37. The molecule has 4 nitrogen and oxygen atoms in total. The second kappa shape index (κ2) is 4.72. The molecular formula is C11H15NO3. The van der Waals surface area contributed by atoms with Gasteiger partial charge in [0.25, 0.3) is 0 Å². The van der Waals surface area contributed by atoms with E-state index in [1.807, 2.05) is 30.3 Å². The van der Waals surface area contributed by atoms with Crippen molar-refractivity contribution >= 4 is 0 Å². The fraction of sp³-hybridized carbons (Fsp3) is 0.455. The van der Waals surface area contributed by atoms with E-state index in [2.05, 4.69) is 0 Å². The van der Waals surface area contributed by atoms with Crippen LogP contribution in [0.15, 0.2) is 30.3 Å². The first-order chi connectivity index (χ1) is 7.35. The number of ether oxygens (including phenoxy) is 2. The van der Waals surface area contributed by atoms with E-state index in [1.165, 1.54) is 0 Å². The molecule has 0 saturated carbocycles. The average molecular weight is 209 g/mol. The molecule has 2 rings (SSSR count). The minimum atomic E-state index is -0.406. The first-order valence-electron chi connectivity index (χ1n) is 5.02. The van der Waals surface area contributed by atoms with E-state index in [0.29, 0.717) is 6.54 Å². The van der Waals surface area contributed by atoms with Gasteiger partial charge < -0.3 is 20.3 Å². The van der Waals surface area contributed by atoms with Crippen molar-refractivity contribution in [1.29, 1.82) is 0 Å². The molecule has 1 aromatic rings. The van der Waals surface area contributed by atoms with E-state index in [-0.39, 0.29) is 18.8 Å². The quantitative estimate of drug-likeness (QED) is 0.757. The zero-order chi connectivity index (χ0) is 10.7. The molecule has 15 heavy (non-hydrogen) atoms. The monoisotopic (exact) mass is 209 g/mol. The van der Waals surface area contributed by atoms with Crippen molar-refractivity contribution in [3.63, 3.8) is 0 Å². The second-order valence-corrected chi connectivity index (χ2v) is 3.51. The predicted molar refractivity (Wildman–Crippen MR) is 55.1 cm³/mol. The van der Waals surface area contributed by atoms with Crippen LogP contribution in [0.4, 0.5) is 0 Å². The minimum absolute atomic E-state index is 0.0643. The SMILES string of the molecule is NCC1OC(c2ccccc2)OC1CO. The average Bonchev–Trinajstić information content (AvgIpc) is 2.73. The van der Waals surface area contributed by atoms with Crippen LogP contribution in [-0.4, -0.2) is 30.5 Å². The van der Waals surface area contributed by atoms with Crippen molar-refractivity contribution in [3.8, 4) is 0 Å². The van der Waals surface area contributed by atoms with Crippen molar-refractivity contribution in [3.05, 3.63) is 35.9 Å². The van der Waals surface area contributed by atoms with Crippen LogP contribution >= 0.6 is 0 Å². The molecule has 1 aliphatic rings. The molecule has 3 N–H and O–H groups in total. The lowest BCUT2D eigenvalue weighted by molar-refractivity contribution is -0.0729. The summed E-state index contributed by atoms with van der Waals surface area (Å²) in [6.07, 6.45) is -0.947. The summed E-state index contributed by atoms with van der Waals surface area (Å²) in [6.45, 7) is 0.291. The summed E-state index contributed by atoms with van der Waals surface area (Å²) in [6, 6.07) is 9.63. The maximum Gasteiger partial charge on any atom is 0.184 e. The summed E-state index contributed by atoms with van der Waals surface area (Å²) in [5.74, 6) is 0. The Hall–Kier alpha value is -0.940. The molecule has 0 aromatic heterocycles. The van der Waals surface area contributed by atoms with Crippen LogP contribution in [0.5, 0.6) is 0 Å². The molecule has 82 valence electrons. The predicted octanol–water partition coefficient (Wildman–Crippen LogP) is 0.420. The molecule has 0 aliphatic carbocycles. The van der Waals surface area contributed by atoms with E-state index in [1.54, 1.807) is 0 Å². The molecule has 0 bridgehead atoms. The smallest absolute Gasteiger partial charge is 0.184 e. The van der Waals surface area contributed by atoms with E-state index in [4.69, 9.17) is 20.3 Å². The Labute approximate surface area is 88.6 Å². The lowest BCUT2D eigenvalue weighted by Gasteiger charge is -2.10. The highest BCUT2D eigenvalue weighted by atomic mass is 16.7. The molecule has 0 radical (unpaired) electrons. The topological polar surface area (TPSA) is 64.7 Å². The van der Waals surface area contributed by atoms with Gasteiger partial charge in [-0.2, -0.15) is 0 Å². The van der Waals surface area contributed by atoms with Gasteiger partial charge in [-0.05, 0) is 0 Å². The highest BCUT2D eigenvalue weighted by Crippen LogP contribution is 2.30. The van der Waals surface area contributed by atoms with Gasteiger partial charge in [-0.25, -0.2) is 0 Å². The normalized spacial score (nSPS) is 30.7. The largest absolute Gasteiger partial charge is 0.394 e. The Bertz CT molecular complexity index is 292. The van der Waals surface area contributed by atoms with E-state index in [0.717, 1.165) is 5.56 Å². The summed E-state index contributed by atoms with van der Waals surface area (Å²) >= 11 is 0. The van der Waals surface area contributed by atoms with Gasteiger partial charge >= 0.3 is 0 Å². The maximum absolute atomic E-state index is 9.07. The zero-order valence-electron chi connectivity index (χ0n) is 8.37. The summed E-state index contributed by atoms with van der Waals surface area (Å²) in [7, 11) is 0. The lowest BCUT2D eigenvalue weighted by atomic mass is 10.2. The van der Waals surface area contributed by atoms with E-state index in [9.17, 15) is 0 Å². The molecule has 1 heterocycles. The van der Waals surface area contributed by atoms with Crippen molar-refractivity contribution in [2.75, 3.05) is 13.2 Å². The van der Waals surface area contributed by atoms with E-state index < -0.39 is 6.29 Å². The molecule has 1 aromatic carbocycles. The van der Waals surface area contributed by atoms with Gasteiger partial charge in [-0.3, -0.25) is 0 Å². The molecular weight excluding hydrogens is 194 g/mol. The number of hydrogen-bond donors (Lipinski definition) is 2. The summed E-state index contributed by atoms with van der Waals surface area (Å²) in [5, 5.41) is 9.07.